The van der Waals surface area contributed by atoms with Crippen molar-refractivity contribution in [2.24, 2.45) is 29.0 Å². The predicted molar refractivity (Wildman–Crippen MR) is 68.2 cm³/mol. The summed E-state index contributed by atoms with van der Waals surface area (Å²) in [5.74, 6) is 0.576. The van der Waals surface area contributed by atoms with Gasteiger partial charge in [-0.2, -0.15) is 0 Å². The molecule has 1 rings (SSSR count). The summed E-state index contributed by atoms with van der Waals surface area (Å²) in [6.45, 7) is 8.59. The maximum Gasteiger partial charge on any atom is 0.174 e. The molecule has 0 aromatic heterocycles. The molecule has 2 unspecified atom stereocenters. The normalized spacial score (nSPS) is 39.0. The van der Waals surface area contributed by atoms with E-state index in [-0.39, 0.29) is 30.2 Å². The Morgan fingerprint density at radius 3 is 2.12 bits per heavy atom. The molecule has 1 aliphatic heterocycles. The molecule has 6 N–H and O–H groups in total. The van der Waals surface area contributed by atoms with E-state index in [1.54, 1.807) is 0 Å². The average molecular weight is 245 g/mol. The van der Waals surface area contributed by atoms with Crippen molar-refractivity contribution in [1.29, 1.82) is 0 Å². The number of ether oxygens (including phenoxy) is 2. The molecular weight excluding hydrogens is 218 g/mol. The van der Waals surface area contributed by atoms with Crippen molar-refractivity contribution in [2.75, 3.05) is 6.54 Å². The summed E-state index contributed by atoms with van der Waals surface area (Å²) in [4.78, 5) is 0. The molecule has 0 bridgehead atoms. The fourth-order valence-electron chi connectivity index (χ4n) is 2.52. The fourth-order valence-corrected chi connectivity index (χ4v) is 2.52. The molecule has 5 heteroatoms. The third-order valence-electron chi connectivity index (χ3n) is 3.35. The zero-order valence-corrected chi connectivity index (χ0v) is 11.3. The Balaban J connectivity index is 2.78. The maximum absolute atomic E-state index is 6.21. The summed E-state index contributed by atoms with van der Waals surface area (Å²) in [7, 11) is 0. The van der Waals surface area contributed by atoms with E-state index in [2.05, 4.69) is 13.8 Å². The van der Waals surface area contributed by atoms with Crippen LogP contribution in [0.5, 0.6) is 0 Å². The summed E-state index contributed by atoms with van der Waals surface area (Å²) >= 11 is 0. The third kappa shape index (κ3) is 3.39. The maximum atomic E-state index is 6.21. The Morgan fingerprint density at radius 1 is 1.12 bits per heavy atom. The smallest absolute Gasteiger partial charge is 0.174 e. The fraction of sp³-hybridized carbons (Fsp3) is 1.00. The molecule has 1 fully saturated rings. The van der Waals surface area contributed by atoms with Crippen LogP contribution in [0, 0.1) is 11.8 Å². The second-order valence-electron chi connectivity index (χ2n) is 5.44. The van der Waals surface area contributed by atoms with Crippen LogP contribution < -0.4 is 17.2 Å². The molecular formula is C12H27N3O2. The minimum absolute atomic E-state index is 0.0623. The van der Waals surface area contributed by atoms with E-state index in [1.165, 1.54) is 0 Å². The van der Waals surface area contributed by atoms with Crippen LogP contribution in [0.25, 0.3) is 0 Å². The highest BCUT2D eigenvalue weighted by atomic mass is 16.7. The van der Waals surface area contributed by atoms with Gasteiger partial charge >= 0.3 is 0 Å². The first-order valence-corrected chi connectivity index (χ1v) is 6.40. The Bertz CT molecular complexity index is 232. The van der Waals surface area contributed by atoms with Crippen molar-refractivity contribution < 1.29 is 9.47 Å². The van der Waals surface area contributed by atoms with E-state index in [1.807, 2.05) is 13.8 Å². The summed E-state index contributed by atoms with van der Waals surface area (Å²) in [6.07, 6.45) is -0.464. The van der Waals surface area contributed by atoms with Crippen LogP contribution in [0.15, 0.2) is 0 Å². The zero-order valence-electron chi connectivity index (χ0n) is 11.3. The summed E-state index contributed by atoms with van der Waals surface area (Å²) < 4.78 is 11.5. The number of nitrogens with two attached hydrogens (primary N) is 3. The average Bonchev–Trinajstić information content (AvgIpc) is 2.23. The van der Waals surface area contributed by atoms with Gasteiger partial charge < -0.3 is 26.7 Å². The lowest BCUT2D eigenvalue weighted by Crippen LogP contribution is -2.65. The first-order chi connectivity index (χ1) is 7.88. The Morgan fingerprint density at radius 2 is 1.71 bits per heavy atom. The largest absolute Gasteiger partial charge is 0.348 e. The number of hydrogen-bond donors (Lipinski definition) is 3. The predicted octanol–water partition coefficient (Wildman–Crippen LogP) is 0.0218. The van der Waals surface area contributed by atoms with Crippen molar-refractivity contribution in [3.8, 4) is 0 Å². The molecule has 0 aliphatic carbocycles. The molecule has 0 aromatic carbocycles. The Hall–Kier alpha value is -0.200. The van der Waals surface area contributed by atoms with Crippen LogP contribution in [-0.4, -0.2) is 37.1 Å². The molecule has 0 amide bonds. The van der Waals surface area contributed by atoms with Gasteiger partial charge in [0.2, 0.25) is 0 Å². The van der Waals surface area contributed by atoms with Crippen molar-refractivity contribution in [2.45, 2.75) is 58.3 Å². The standard InChI is InChI=1S/C12H27N3O2/c1-6(2)9-8(5-13)17-12(16-7(3)4)11(15)10(9)14/h6-12H,5,13-15H2,1-4H3/t8?,9-,10-,11?,12+/m0/s1. The Kier molecular flexibility index (Phi) is 5.34. The van der Waals surface area contributed by atoms with Crippen LogP contribution in [0.2, 0.25) is 0 Å². The van der Waals surface area contributed by atoms with Crippen molar-refractivity contribution in [3.05, 3.63) is 0 Å². The van der Waals surface area contributed by atoms with Gasteiger partial charge in [-0.15, -0.1) is 0 Å². The van der Waals surface area contributed by atoms with Gasteiger partial charge in [-0.05, 0) is 19.8 Å². The monoisotopic (exact) mass is 245 g/mol. The molecule has 102 valence electrons. The van der Waals surface area contributed by atoms with Crippen LogP contribution >= 0.6 is 0 Å². The van der Waals surface area contributed by atoms with Crippen LogP contribution in [0.3, 0.4) is 0 Å². The highest BCUT2D eigenvalue weighted by Crippen LogP contribution is 2.30. The van der Waals surface area contributed by atoms with Gasteiger partial charge in [-0.3, -0.25) is 0 Å². The van der Waals surface area contributed by atoms with Gasteiger partial charge in [0.25, 0.3) is 0 Å². The molecule has 0 aromatic rings. The van der Waals surface area contributed by atoms with E-state index < -0.39 is 6.29 Å². The van der Waals surface area contributed by atoms with Gasteiger partial charge in [0.15, 0.2) is 6.29 Å². The second kappa shape index (κ2) is 6.11. The molecule has 17 heavy (non-hydrogen) atoms. The van der Waals surface area contributed by atoms with Gasteiger partial charge in [0.05, 0.1) is 18.2 Å². The van der Waals surface area contributed by atoms with E-state index in [9.17, 15) is 0 Å². The zero-order chi connectivity index (χ0) is 13.2. The molecule has 0 saturated carbocycles. The van der Waals surface area contributed by atoms with Crippen LogP contribution in [0.1, 0.15) is 27.7 Å². The van der Waals surface area contributed by atoms with Gasteiger partial charge in [-0.1, -0.05) is 13.8 Å². The molecule has 1 aliphatic rings. The highest BCUT2D eigenvalue weighted by Gasteiger charge is 2.43. The quantitative estimate of drug-likeness (QED) is 0.649. The van der Waals surface area contributed by atoms with E-state index in [0.717, 1.165) is 0 Å². The molecule has 5 atom stereocenters. The topological polar surface area (TPSA) is 96.5 Å². The first kappa shape index (κ1) is 14.9. The third-order valence-corrected chi connectivity index (χ3v) is 3.35. The Labute approximate surface area is 104 Å². The highest BCUT2D eigenvalue weighted by molar-refractivity contribution is 4.95. The van der Waals surface area contributed by atoms with Crippen LogP contribution in [0.4, 0.5) is 0 Å². The number of rotatable bonds is 4. The van der Waals surface area contributed by atoms with E-state index >= 15 is 0 Å². The first-order valence-electron chi connectivity index (χ1n) is 6.40. The molecule has 1 saturated heterocycles. The minimum Gasteiger partial charge on any atom is -0.348 e. The lowest BCUT2D eigenvalue weighted by Gasteiger charge is -2.46. The minimum atomic E-state index is -0.450. The van der Waals surface area contributed by atoms with E-state index in [4.69, 9.17) is 26.7 Å². The van der Waals surface area contributed by atoms with Crippen molar-refractivity contribution >= 4 is 0 Å². The van der Waals surface area contributed by atoms with Crippen LogP contribution in [-0.2, 0) is 9.47 Å². The second-order valence-corrected chi connectivity index (χ2v) is 5.44. The van der Waals surface area contributed by atoms with Crippen molar-refractivity contribution in [1.82, 2.24) is 0 Å². The SMILES string of the molecule is CC(C)O[C@@H]1OC(CN)[C@H](C(C)C)[C@H](N)C1N. The van der Waals surface area contributed by atoms with Crippen molar-refractivity contribution in [3.63, 3.8) is 0 Å². The number of hydrogen-bond acceptors (Lipinski definition) is 5. The summed E-state index contributed by atoms with van der Waals surface area (Å²) in [6, 6.07) is -0.436. The van der Waals surface area contributed by atoms with Gasteiger partial charge in [-0.25, -0.2) is 0 Å². The lowest BCUT2D eigenvalue weighted by molar-refractivity contribution is -0.237. The summed E-state index contributed by atoms with van der Waals surface area (Å²) in [5.41, 5.74) is 18.1. The van der Waals surface area contributed by atoms with E-state index in [0.29, 0.717) is 12.5 Å². The molecule has 0 spiro atoms. The molecule has 5 nitrogen and oxygen atoms in total. The van der Waals surface area contributed by atoms with Gasteiger partial charge in [0, 0.05) is 18.5 Å². The lowest BCUT2D eigenvalue weighted by atomic mass is 9.79. The summed E-state index contributed by atoms with van der Waals surface area (Å²) in [5, 5.41) is 0. The molecule has 1 heterocycles. The molecule has 0 radical (unpaired) electrons. The van der Waals surface area contributed by atoms with Gasteiger partial charge in [0.1, 0.15) is 0 Å².